The van der Waals surface area contributed by atoms with E-state index in [1.807, 2.05) is 48.5 Å². The first kappa shape index (κ1) is 18.5. The number of benzene rings is 2. The normalized spacial score (nSPS) is 10.5. The highest BCUT2D eigenvalue weighted by Gasteiger charge is 2.12. The molecule has 3 rings (SSSR count). The van der Waals surface area contributed by atoms with Crippen molar-refractivity contribution in [3.8, 4) is 5.75 Å². The molecule has 138 valence electrons. The Morgan fingerprint density at radius 3 is 2.59 bits per heavy atom. The molecule has 1 heterocycles. The number of nitrogens with zero attached hydrogens (tertiary/aromatic N) is 1. The molecule has 0 atom stereocenters. The van der Waals surface area contributed by atoms with Crippen LogP contribution in [0.5, 0.6) is 5.75 Å². The highest BCUT2D eigenvalue weighted by Crippen LogP contribution is 2.25. The third kappa shape index (κ3) is 4.64. The number of hydrogen-bond donors (Lipinski definition) is 2. The number of nitrogens with one attached hydrogen (secondary N) is 2. The van der Waals surface area contributed by atoms with Crippen molar-refractivity contribution in [2.75, 3.05) is 17.7 Å². The molecule has 0 saturated carbocycles. The first-order chi connectivity index (χ1) is 13.1. The largest absolute Gasteiger partial charge is 0.497 e. The molecule has 1 amide bonds. The van der Waals surface area contributed by atoms with Crippen molar-refractivity contribution in [2.45, 2.75) is 19.8 Å². The van der Waals surface area contributed by atoms with Crippen LogP contribution in [-0.4, -0.2) is 18.0 Å². The van der Waals surface area contributed by atoms with E-state index in [0.29, 0.717) is 11.5 Å². The lowest BCUT2D eigenvalue weighted by molar-refractivity contribution is 0.102. The Morgan fingerprint density at radius 1 is 1.00 bits per heavy atom. The van der Waals surface area contributed by atoms with Gasteiger partial charge in [0.1, 0.15) is 5.75 Å². The highest BCUT2D eigenvalue weighted by molar-refractivity contribution is 6.05. The summed E-state index contributed by atoms with van der Waals surface area (Å²) in [7, 11) is 1.63. The number of anilines is 3. The molecule has 0 radical (unpaired) electrons. The second-order valence-corrected chi connectivity index (χ2v) is 6.52. The van der Waals surface area contributed by atoms with Gasteiger partial charge in [-0.05, 0) is 35.7 Å². The van der Waals surface area contributed by atoms with Crippen LogP contribution in [0.1, 0.15) is 35.7 Å². The SMILES string of the molecule is COc1cccc(Nc2cncc(C(=O)Nc3ccccc3C(C)C)c2)c1. The molecule has 0 aliphatic heterocycles. The molecular weight excluding hydrogens is 338 g/mol. The summed E-state index contributed by atoms with van der Waals surface area (Å²) in [6, 6.07) is 17.2. The van der Waals surface area contributed by atoms with Crippen LogP contribution in [0.3, 0.4) is 0 Å². The van der Waals surface area contributed by atoms with Gasteiger partial charge in [0.05, 0.1) is 24.6 Å². The molecule has 0 bridgehead atoms. The number of para-hydroxylation sites is 1. The van der Waals surface area contributed by atoms with Gasteiger partial charge in [0, 0.05) is 23.6 Å². The van der Waals surface area contributed by atoms with Gasteiger partial charge in [0.15, 0.2) is 0 Å². The first-order valence-electron chi connectivity index (χ1n) is 8.83. The van der Waals surface area contributed by atoms with E-state index in [4.69, 9.17) is 4.74 Å². The zero-order valence-electron chi connectivity index (χ0n) is 15.7. The molecule has 0 aliphatic rings. The van der Waals surface area contributed by atoms with Crippen molar-refractivity contribution >= 4 is 23.0 Å². The molecule has 0 fully saturated rings. The molecule has 27 heavy (non-hydrogen) atoms. The van der Waals surface area contributed by atoms with Gasteiger partial charge in [-0.1, -0.05) is 38.1 Å². The van der Waals surface area contributed by atoms with Crippen molar-refractivity contribution in [3.05, 3.63) is 78.1 Å². The van der Waals surface area contributed by atoms with Gasteiger partial charge < -0.3 is 15.4 Å². The summed E-state index contributed by atoms with van der Waals surface area (Å²) in [5.74, 6) is 0.887. The van der Waals surface area contributed by atoms with Crippen LogP contribution in [0.15, 0.2) is 67.0 Å². The molecule has 5 nitrogen and oxygen atoms in total. The van der Waals surface area contributed by atoms with Crippen LogP contribution < -0.4 is 15.4 Å². The van der Waals surface area contributed by atoms with Gasteiger partial charge >= 0.3 is 0 Å². The highest BCUT2D eigenvalue weighted by atomic mass is 16.5. The number of hydrogen-bond acceptors (Lipinski definition) is 4. The van der Waals surface area contributed by atoms with Crippen molar-refractivity contribution in [1.29, 1.82) is 0 Å². The molecule has 0 unspecified atom stereocenters. The Hall–Kier alpha value is -3.34. The fourth-order valence-electron chi connectivity index (χ4n) is 2.81. The molecule has 5 heteroatoms. The van der Waals surface area contributed by atoms with Crippen LogP contribution >= 0.6 is 0 Å². The quantitative estimate of drug-likeness (QED) is 0.633. The number of pyridine rings is 1. The van der Waals surface area contributed by atoms with Crippen molar-refractivity contribution < 1.29 is 9.53 Å². The summed E-state index contributed by atoms with van der Waals surface area (Å²) < 4.78 is 5.23. The van der Waals surface area contributed by atoms with E-state index in [1.165, 1.54) is 0 Å². The average molecular weight is 361 g/mol. The van der Waals surface area contributed by atoms with Crippen LogP contribution in [0.4, 0.5) is 17.1 Å². The Balaban J connectivity index is 1.78. The van der Waals surface area contributed by atoms with E-state index in [9.17, 15) is 4.79 Å². The predicted octanol–water partition coefficient (Wildman–Crippen LogP) is 5.21. The zero-order valence-corrected chi connectivity index (χ0v) is 15.7. The minimum absolute atomic E-state index is 0.190. The van der Waals surface area contributed by atoms with Crippen LogP contribution in [-0.2, 0) is 0 Å². The lowest BCUT2D eigenvalue weighted by Gasteiger charge is -2.14. The number of carbonyl (C=O) groups is 1. The Bertz CT molecular complexity index is 938. The molecule has 3 aromatic rings. The van der Waals surface area contributed by atoms with Crippen LogP contribution in [0.25, 0.3) is 0 Å². The maximum absolute atomic E-state index is 12.7. The Labute approximate surface area is 159 Å². The summed E-state index contributed by atoms with van der Waals surface area (Å²) in [5, 5.41) is 6.24. The number of amides is 1. The molecule has 0 spiro atoms. The smallest absolute Gasteiger partial charge is 0.257 e. The summed E-state index contributed by atoms with van der Waals surface area (Å²) in [5.41, 5.74) is 4.00. The number of aromatic nitrogens is 1. The van der Waals surface area contributed by atoms with Crippen molar-refractivity contribution in [1.82, 2.24) is 4.98 Å². The monoisotopic (exact) mass is 361 g/mol. The van der Waals surface area contributed by atoms with Gasteiger partial charge in [-0.3, -0.25) is 9.78 Å². The van der Waals surface area contributed by atoms with E-state index >= 15 is 0 Å². The maximum atomic E-state index is 12.7. The molecule has 0 saturated heterocycles. The lowest BCUT2D eigenvalue weighted by Crippen LogP contribution is -2.14. The van der Waals surface area contributed by atoms with E-state index in [-0.39, 0.29) is 5.91 Å². The number of methoxy groups -OCH3 is 1. The Kier molecular flexibility index (Phi) is 5.71. The fraction of sp³-hybridized carbons (Fsp3) is 0.182. The predicted molar refractivity (Wildman–Crippen MR) is 109 cm³/mol. The van der Waals surface area contributed by atoms with Crippen LogP contribution in [0.2, 0.25) is 0 Å². The molecule has 0 aliphatic carbocycles. The molecule has 1 aromatic heterocycles. The maximum Gasteiger partial charge on any atom is 0.257 e. The third-order valence-electron chi connectivity index (χ3n) is 4.19. The summed E-state index contributed by atoms with van der Waals surface area (Å²) in [6.45, 7) is 4.20. The number of ether oxygens (including phenoxy) is 1. The molecular formula is C22H23N3O2. The van der Waals surface area contributed by atoms with Gasteiger partial charge in [-0.15, -0.1) is 0 Å². The Morgan fingerprint density at radius 2 is 1.81 bits per heavy atom. The van der Waals surface area contributed by atoms with E-state index in [1.54, 1.807) is 25.6 Å². The topological polar surface area (TPSA) is 63.2 Å². The summed E-state index contributed by atoms with van der Waals surface area (Å²) in [6.07, 6.45) is 3.24. The standard InChI is InChI=1S/C22H23N3O2/c1-15(2)20-9-4-5-10-21(20)25-22(26)16-11-18(14-23-13-16)24-17-7-6-8-19(12-17)27-3/h4-15,24H,1-3H3,(H,25,26). The second-order valence-electron chi connectivity index (χ2n) is 6.52. The van der Waals surface area contributed by atoms with Crippen molar-refractivity contribution in [2.24, 2.45) is 0 Å². The molecule has 2 N–H and O–H groups in total. The lowest BCUT2D eigenvalue weighted by atomic mass is 10.0. The number of rotatable bonds is 6. The fourth-order valence-corrected chi connectivity index (χ4v) is 2.81. The third-order valence-corrected chi connectivity index (χ3v) is 4.19. The van der Waals surface area contributed by atoms with E-state index in [2.05, 4.69) is 29.5 Å². The number of carbonyl (C=O) groups excluding carboxylic acids is 1. The van der Waals surface area contributed by atoms with Crippen molar-refractivity contribution in [3.63, 3.8) is 0 Å². The first-order valence-corrected chi connectivity index (χ1v) is 8.83. The summed E-state index contributed by atoms with van der Waals surface area (Å²) in [4.78, 5) is 16.9. The average Bonchev–Trinajstić information content (AvgIpc) is 2.68. The summed E-state index contributed by atoms with van der Waals surface area (Å²) >= 11 is 0. The van der Waals surface area contributed by atoms with Gasteiger partial charge in [-0.2, -0.15) is 0 Å². The zero-order chi connectivity index (χ0) is 19.2. The van der Waals surface area contributed by atoms with E-state index < -0.39 is 0 Å². The van der Waals surface area contributed by atoms with E-state index in [0.717, 1.165) is 28.4 Å². The van der Waals surface area contributed by atoms with Gasteiger partial charge in [0.2, 0.25) is 0 Å². The van der Waals surface area contributed by atoms with Gasteiger partial charge in [-0.25, -0.2) is 0 Å². The molecule has 2 aromatic carbocycles. The minimum Gasteiger partial charge on any atom is -0.497 e. The minimum atomic E-state index is -0.190. The second kappa shape index (κ2) is 8.36. The van der Waals surface area contributed by atoms with Crippen LogP contribution in [0, 0.1) is 0 Å². The van der Waals surface area contributed by atoms with Gasteiger partial charge in [0.25, 0.3) is 5.91 Å².